The summed E-state index contributed by atoms with van der Waals surface area (Å²) in [6.45, 7) is 4.14. The minimum atomic E-state index is -0.0385. The summed E-state index contributed by atoms with van der Waals surface area (Å²) >= 11 is 4.90. The maximum atomic E-state index is 11.9. The van der Waals surface area contributed by atoms with Crippen LogP contribution in [0.5, 0.6) is 0 Å². The van der Waals surface area contributed by atoms with Gasteiger partial charge in [-0.1, -0.05) is 36.5 Å². The van der Waals surface area contributed by atoms with Crippen LogP contribution in [0, 0.1) is 13.8 Å². The Bertz CT molecular complexity index is 674. The number of aryl methyl sites for hydroxylation is 2. The zero-order valence-electron chi connectivity index (χ0n) is 10.9. The highest BCUT2D eigenvalue weighted by atomic mass is 32.1. The molecule has 0 aliphatic carbocycles. The highest BCUT2D eigenvalue weighted by Gasteiger charge is 2.04. The average Bonchev–Trinajstić information content (AvgIpc) is 2.34. The van der Waals surface area contributed by atoms with Crippen molar-refractivity contribution >= 4 is 17.2 Å². The maximum absolute atomic E-state index is 11.9. The lowest BCUT2D eigenvalue weighted by Crippen LogP contribution is -2.24. The molecule has 0 aliphatic rings. The van der Waals surface area contributed by atoms with Crippen LogP contribution in [-0.4, -0.2) is 14.5 Å². The second kappa shape index (κ2) is 5.32. The van der Waals surface area contributed by atoms with Crippen LogP contribution < -0.4 is 11.3 Å². The maximum Gasteiger partial charge on any atom is 0.254 e. The van der Waals surface area contributed by atoms with Crippen LogP contribution in [0.15, 0.2) is 35.1 Å². The lowest BCUT2D eigenvalue weighted by Gasteiger charge is -2.10. The van der Waals surface area contributed by atoms with Gasteiger partial charge in [-0.2, -0.15) is 0 Å². The Morgan fingerprint density at radius 2 is 1.95 bits per heavy atom. The molecular weight excluding hydrogens is 258 g/mol. The average molecular weight is 273 g/mol. The van der Waals surface area contributed by atoms with Gasteiger partial charge in [-0.3, -0.25) is 9.36 Å². The second-order valence-corrected chi connectivity index (χ2v) is 4.87. The third-order valence-electron chi connectivity index (χ3n) is 2.91. The molecule has 0 amide bonds. The van der Waals surface area contributed by atoms with Crippen molar-refractivity contribution < 1.29 is 0 Å². The van der Waals surface area contributed by atoms with E-state index in [-0.39, 0.29) is 5.56 Å². The minimum absolute atomic E-state index is 0.0385. The lowest BCUT2D eigenvalue weighted by atomic mass is 10.1. The highest BCUT2D eigenvalue weighted by Crippen LogP contribution is 2.06. The largest absolute Gasteiger partial charge is 0.389 e. The molecule has 5 heteroatoms. The van der Waals surface area contributed by atoms with Crippen LogP contribution in [0.2, 0.25) is 0 Å². The summed E-state index contributed by atoms with van der Waals surface area (Å²) in [7, 11) is 0. The van der Waals surface area contributed by atoms with Gasteiger partial charge in [0.15, 0.2) is 0 Å². The molecule has 2 N–H and O–H groups in total. The zero-order chi connectivity index (χ0) is 14.0. The zero-order valence-corrected chi connectivity index (χ0v) is 11.7. The quantitative estimate of drug-likeness (QED) is 0.862. The summed E-state index contributed by atoms with van der Waals surface area (Å²) in [6.07, 6.45) is 0. The molecule has 19 heavy (non-hydrogen) atoms. The molecule has 0 saturated carbocycles. The molecule has 98 valence electrons. The topological polar surface area (TPSA) is 60.9 Å². The molecule has 0 unspecified atom stereocenters. The van der Waals surface area contributed by atoms with Crippen molar-refractivity contribution in [3.8, 4) is 0 Å². The molecule has 2 rings (SSSR count). The summed E-state index contributed by atoms with van der Waals surface area (Å²) in [5.74, 6) is 0.712. The molecule has 2 aromatic rings. The number of nitrogens with zero attached hydrogens (tertiary/aromatic N) is 2. The van der Waals surface area contributed by atoms with Crippen LogP contribution in [0.4, 0.5) is 0 Å². The van der Waals surface area contributed by atoms with E-state index >= 15 is 0 Å². The normalized spacial score (nSPS) is 10.4. The fraction of sp³-hybridized carbons (Fsp3) is 0.214. The van der Waals surface area contributed by atoms with Gasteiger partial charge in [-0.15, -0.1) is 0 Å². The van der Waals surface area contributed by atoms with E-state index in [1.165, 1.54) is 6.07 Å². The van der Waals surface area contributed by atoms with E-state index in [1.807, 2.05) is 38.1 Å². The number of thiocarbonyl (C=S) groups is 1. The van der Waals surface area contributed by atoms with E-state index in [0.29, 0.717) is 17.4 Å². The van der Waals surface area contributed by atoms with Crippen LogP contribution in [-0.2, 0) is 6.54 Å². The van der Waals surface area contributed by atoms with Gasteiger partial charge in [0.25, 0.3) is 5.56 Å². The predicted molar refractivity (Wildman–Crippen MR) is 79.4 cm³/mol. The Morgan fingerprint density at radius 1 is 1.32 bits per heavy atom. The Labute approximate surface area is 116 Å². The number of rotatable bonds is 3. The molecular formula is C14H15N3OS. The van der Waals surface area contributed by atoms with Crippen molar-refractivity contribution in [3.05, 3.63) is 63.3 Å². The van der Waals surface area contributed by atoms with Crippen LogP contribution in [0.25, 0.3) is 0 Å². The van der Waals surface area contributed by atoms with E-state index in [1.54, 1.807) is 4.57 Å². The molecule has 0 aliphatic heterocycles. The van der Waals surface area contributed by atoms with Gasteiger partial charge in [-0.05, 0) is 19.4 Å². The number of benzene rings is 1. The Kier molecular flexibility index (Phi) is 3.76. The molecule has 1 heterocycles. The van der Waals surface area contributed by atoms with Crippen molar-refractivity contribution in [1.82, 2.24) is 9.55 Å². The molecule has 4 nitrogen and oxygen atoms in total. The van der Waals surface area contributed by atoms with Gasteiger partial charge in [-0.25, -0.2) is 4.98 Å². The van der Waals surface area contributed by atoms with Crippen molar-refractivity contribution in [1.29, 1.82) is 0 Å². The highest BCUT2D eigenvalue weighted by molar-refractivity contribution is 7.80. The van der Waals surface area contributed by atoms with Gasteiger partial charge in [0.2, 0.25) is 0 Å². The molecule has 0 bridgehead atoms. The first-order chi connectivity index (χ1) is 8.97. The first kappa shape index (κ1) is 13.4. The fourth-order valence-corrected chi connectivity index (χ4v) is 2.05. The van der Waals surface area contributed by atoms with Gasteiger partial charge < -0.3 is 5.73 Å². The monoisotopic (exact) mass is 273 g/mol. The predicted octanol–water partition coefficient (Wildman–Crippen LogP) is 1.54. The lowest BCUT2D eigenvalue weighted by molar-refractivity contribution is 0.694. The van der Waals surface area contributed by atoms with Crippen LogP contribution in [0.1, 0.15) is 22.6 Å². The number of nitrogens with two attached hydrogens (primary N) is 1. The second-order valence-electron chi connectivity index (χ2n) is 4.43. The van der Waals surface area contributed by atoms with E-state index in [9.17, 15) is 4.79 Å². The van der Waals surface area contributed by atoms with Crippen molar-refractivity contribution in [2.24, 2.45) is 5.73 Å². The third kappa shape index (κ3) is 3.06. The number of aromatic nitrogens is 2. The molecule has 1 aromatic heterocycles. The van der Waals surface area contributed by atoms with Gasteiger partial charge in [0, 0.05) is 17.3 Å². The van der Waals surface area contributed by atoms with Crippen LogP contribution in [0.3, 0.4) is 0 Å². The Morgan fingerprint density at radius 3 is 2.47 bits per heavy atom. The third-order valence-corrected chi connectivity index (χ3v) is 3.14. The van der Waals surface area contributed by atoms with Crippen molar-refractivity contribution in [2.75, 3.05) is 0 Å². The molecule has 1 aromatic carbocycles. The first-order valence-electron chi connectivity index (χ1n) is 5.91. The molecule has 0 atom stereocenters. The Hall–Kier alpha value is -2.01. The first-order valence-corrected chi connectivity index (χ1v) is 6.32. The molecule has 0 spiro atoms. The van der Waals surface area contributed by atoms with Gasteiger partial charge in [0.1, 0.15) is 10.8 Å². The van der Waals surface area contributed by atoms with Crippen LogP contribution >= 0.6 is 12.2 Å². The van der Waals surface area contributed by atoms with Gasteiger partial charge in [0.05, 0.1) is 6.54 Å². The van der Waals surface area contributed by atoms with Crippen molar-refractivity contribution in [3.63, 3.8) is 0 Å². The summed E-state index contributed by atoms with van der Waals surface area (Å²) < 4.78 is 1.64. The molecule has 0 saturated heterocycles. The minimum Gasteiger partial charge on any atom is -0.389 e. The smallest absolute Gasteiger partial charge is 0.254 e. The molecule has 0 radical (unpaired) electrons. The standard InChI is InChI=1S/C14H15N3OS/c1-9-7-13(18)17(10(2)16-9)8-11-3-5-12(6-4-11)14(15)19/h3-7H,8H2,1-2H3,(H2,15,19). The summed E-state index contributed by atoms with van der Waals surface area (Å²) in [6, 6.07) is 9.09. The molecule has 0 fully saturated rings. The van der Waals surface area contributed by atoms with E-state index in [2.05, 4.69) is 4.98 Å². The Balaban J connectivity index is 2.31. The van der Waals surface area contributed by atoms with Crippen molar-refractivity contribution in [2.45, 2.75) is 20.4 Å². The number of hydrogen-bond donors (Lipinski definition) is 1. The summed E-state index contributed by atoms with van der Waals surface area (Å²) in [5.41, 5.74) is 8.08. The SMILES string of the molecule is Cc1cc(=O)n(Cc2ccc(C(N)=S)cc2)c(C)n1. The summed E-state index contributed by atoms with van der Waals surface area (Å²) in [4.78, 5) is 16.6. The van der Waals surface area contributed by atoms with E-state index in [4.69, 9.17) is 18.0 Å². The fourth-order valence-electron chi connectivity index (χ4n) is 1.91. The van der Waals surface area contributed by atoms with Gasteiger partial charge >= 0.3 is 0 Å². The van der Waals surface area contributed by atoms with E-state index < -0.39 is 0 Å². The number of hydrogen-bond acceptors (Lipinski definition) is 3. The summed E-state index contributed by atoms with van der Waals surface area (Å²) in [5, 5.41) is 0. The van der Waals surface area contributed by atoms with E-state index in [0.717, 1.165) is 16.8 Å².